The third-order valence-electron chi connectivity index (χ3n) is 4.45. The molecule has 1 heterocycles. The van der Waals surface area contributed by atoms with Crippen molar-refractivity contribution in [1.29, 1.82) is 5.26 Å². The Morgan fingerprint density at radius 3 is 2.71 bits per heavy atom. The van der Waals surface area contributed by atoms with Gasteiger partial charge < -0.3 is 10.2 Å². The van der Waals surface area contributed by atoms with Gasteiger partial charge in [0, 0.05) is 31.2 Å². The molecule has 1 fully saturated rings. The molecule has 122 valence electrons. The largest absolute Gasteiger partial charge is 0.312 e. The third-order valence-corrected chi connectivity index (χ3v) is 4.45. The number of benzene rings is 2. The number of amides is 1. The second kappa shape index (κ2) is 7.29. The maximum atomic E-state index is 11.9. The van der Waals surface area contributed by atoms with Crippen molar-refractivity contribution in [3.63, 3.8) is 0 Å². The summed E-state index contributed by atoms with van der Waals surface area (Å²) in [5, 5.41) is 12.3. The summed E-state index contributed by atoms with van der Waals surface area (Å²) in [6.45, 7) is 3.67. The number of nitriles is 1. The summed E-state index contributed by atoms with van der Waals surface area (Å²) in [5.41, 5.74) is 3.98. The summed E-state index contributed by atoms with van der Waals surface area (Å²) < 4.78 is 0. The van der Waals surface area contributed by atoms with Crippen LogP contribution >= 0.6 is 0 Å². The van der Waals surface area contributed by atoms with Crippen LogP contribution in [0.5, 0.6) is 0 Å². The van der Waals surface area contributed by atoms with E-state index >= 15 is 0 Å². The number of nitrogens with zero attached hydrogens (tertiary/aromatic N) is 2. The number of carbonyl (C=O) groups is 1. The van der Waals surface area contributed by atoms with Crippen LogP contribution in [0.2, 0.25) is 0 Å². The average molecular weight is 319 g/mol. The number of hydrogen-bond donors (Lipinski definition) is 1. The molecule has 1 atom stereocenters. The van der Waals surface area contributed by atoms with E-state index in [-0.39, 0.29) is 11.9 Å². The number of carbonyl (C=O) groups excluding carboxylic acids is 1. The van der Waals surface area contributed by atoms with Gasteiger partial charge in [0.15, 0.2) is 0 Å². The second-order valence-electron chi connectivity index (χ2n) is 6.16. The van der Waals surface area contributed by atoms with Gasteiger partial charge in [0.05, 0.1) is 11.6 Å². The zero-order valence-corrected chi connectivity index (χ0v) is 13.8. The quantitative estimate of drug-likeness (QED) is 0.917. The summed E-state index contributed by atoms with van der Waals surface area (Å²) in [6, 6.07) is 18.1. The van der Waals surface area contributed by atoms with Gasteiger partial charge >= 0.3 is 0 Å². The monoisotopic (exact) mass is 319 g/mol. The molecule has 0 radical (unpaired) electrons. The smallest absolute Gasteiger partial charge is 0.227 e. The first-order chi connectivity index (χ1) is 11.7. The Bertz CT molecular complexity index is 761. The maximum absolute atomic E-state index is 11.9. The van der Waals surface area contributed by atoms with Crippen molar-refractivity contribution in [2.75, 3.05) is 11.4 Å². The molecule has 0 aliphatic carbocycles. The van der Waals surface area contributed by atoms with Crippen LogP contribution in [0.3, 0.4) is 0 Å². The highest BCUT2D eigenvalue weighted by atomic mass is 16.2. The second-order valence-corrected chi connectivity index (χ2v) is 6.16. The topological polar surface area (TPSA) is 56.1 Å². The van der Waals surface area contributed by atoms with Gasteiger partial charge in [-0.05, 0) is 48.7 Å². The first kappa shape index (κ1) is 16.2. The Labute approximate surface area is 142 Å². The Balaban J connectivity index is 1.65. The van der Waals surface area contributed by atoms with E-state index in [1.165, 1.54) is 5.56 Å². The third kappa shape index (κ3) is 3.64. The van der Waals surface area contributed by atoms with Gasteiger partial charge in [0.25, 0.3) is 0 Å². The van der Waals surface area contributed by atoms with Crippen LogP contribution in [0.1, 0.15) is 42.5 Å². The van der Waals surface area contributed by atoms with Crippen LogP contribution < -0.4 is 10.2 Å². The molecular weight excluding hydrogens is 298 g/mol. The molecule has 2 aromatic carbocycles. The van der Waals surface area contributed by atoms with Crippen molar-refractivity contribution in [3.8, 4) is 6.07 Å². The molecule has 24 heavy (non-hydrogen) atoms. The lowest BCUT2D eigenvalue weighted by atomic mass is 10.1. The number of anilines is 1. The van der Waals surface area contributed by atoms with Gasteiger partial charge in [0.2, 0.25) is 5.91 Å². The minimum atomic E-state index is 0.179. The van der Waals surface area contributed by atoms with Gasteiger partial charge in [-0.1, -0.05) is 24.3 Å². The molecule has 0 bridgehead atoms. The van der Waals surface area contributed by atoms with Crippen LogP contribution in [-0.2, 0) is 11.3 Å². The SMILES string of the molecule is CC(NCc1ccc(C#N)cc1)c1cccc(N2CCCC2=O)c1. The van der Waals surface area contributed by atoms with Crippen molar-refractivity contribution in [1.82, 2.24) is 5.32 Å². The summed E-state index contributed by atoms with van der Waals surface area (Å²) >= 11 is 0. The fraction of sp³-hybridized carbons (Fsp3) is 0.300. The zero-order chi connectivity index (χ0) is 16.9. The molecule has 2 aromatic rings. The van der Waals surface area contributed by atoms with E-state index < -0.39 is 0 Å². The summed E-state index contributed by atoms with van der Waals surface area (Å²) in [6.07, 6.45) is 1.59. The van der Waals surface area contributed by atoms with Gasteiger partial charge in [0.1, 0.15) is 0 Å². The van der Waals surface area contributed by atoms with Gasteiger partial charge in [-0.2, -0.15) is 5.26 Å². The maximum Gasteiger partial charge on any atom is 0.227 e. The van der Waals surface area contributed by atoms with Crippen molar-refractivity contribution < 1.29 is 4.79 Å². The highest BCUT2D eigenvalue weighted by Crippen LogP contribution is 2.24. The van der Waals surface area contributed by atoms with Gasteiger partial charge in [-0.15, -0.1) is 0 Å². The molecule has 0 spiro atoms. The molecule has 1 saturated heterocycles. The standard InChI is InChI=1S/C20H21N3O/c1-15(22-14-17-9-7-16(13-21)8-10-17)18-4-2-5-19(12-18)23-11-3-6-20(23)24/h2,4-5,7-10,12,15,22H,3,6,11,14H2,1H3. The van der Waals surface area contributed by atoms with Crippen LogP contribution in [0, 0.1) is 11.3 Å². The fourth-order valence-corrected chi connectivity index (χ4v) is 2.97. The molecule has 1 amide bonds. The summed E-state index contributed by atoms with van der Waals surface area (Å²) in [4.78, 5) is 13.8. The van der Waals surface area contributed by atoms with E-state index in [9.17, 15) is 4.79 Å². The molecule has 0 saturated carbocycles. The molecule has 1 N–H and O–H groups in total. The minimum Gasteiger partial charge on any atom is -0.312 e. The lowest BCUT2D eigenvalue weighted by Crippen LogP contribution is -2.24. The van der Waals surface area contributed by atoms with Crippen LogP contribution in [-0.4, -0.2) is 12.5 Å². The van der Waals surface area contributed by atoms with Crippen LogP contribution in [0.15, 0.2) is 48.5 Å². The Morgan fingerprint density at radius 1 is 1.25 bits per heavy atom. The first-order valence-electron chi connectivity index (χ1n) is 8.30. The van der Waals surface area contributed by atoms with Gasteiger partial charge in [-0.3, -0.25) is 4.79 Å². The highest BCUT2D eigenvalue weighted by molar-refractivity contribution is 5.95. The van der Waals surface area contributed by atoms with Crippen molar-refractivity contribution in [3.05, 3.63) is 65.2 Å². The first-order valence-corrected chi connectivity index (χ1v) is 8.30. The summed E-state index contributed by atoms with van der Waals surface area (Å²) in [7, 11) is 0. The highest BCUT2D eigenvalue weighted by Gasteiger charge is 2.22. The number of rotatable bonds is 5. The molecule has 1 unspecified atom stereocenters. The van der Waals surface area contributed by atoms with E-state index in [1.807, 2.05) is 41.3 Å². The van der Waals surface area contributed by atoms with E-state index in [4.69, 9.17) is 5.26 Å². The molecular formula is C20H21N3O. The van der Waals surface area contributed by atoms with E-state index in [0.717, 1.165) is 30.8 Å². The Kier molecular flexibility index (Phi) is 4.93. The van der Waals surface area contributed by atoms with E-state index in [1.54, 1.807) is 0 Å². The van der Waals surface area contributed by atoms with Crippen molar-refractivity contribution in [2.45, 2.75) is 32.4 Å². The number of hydrogen-bond acceptors (Lipinski definition) is 3. The molecule has 1 aliphatic heterocycles. The van der Waals surface area contributed by atoms with E-state index in [2.05, 4.69) is 30.4 Å². The molecule has 1 aliphatic rings. The lowest BCUT2D eigenvalue weighted by molar-refractivity contribution is -0.117. The fourth-order valence-electron chi connectivity index (χ4n) is 2.97. The van der Waals surface area contributed by atoms with Crippen LogP contribution in [0.25, 0.3) is 0 Å². The van der Waals surface area contributed by atoms with Gasteiger partial charge in [-0.25, -0.2) is 0 Å². The predicted molar refractivity (Wildman–Crippen MR) is 94.4 cm³/mol. The predicted octanol–water partition coefficient (Wildman–Crippen LogP) is 3.54. The molecule has 3 rings (SSSR count). The molecule has 4 heteroatoms. The zero-order valence-electron chi connectivity index (χ0n) is 13.8. The van der Waals surface area contributed by atoms with Crippen LogP contribution in [0.4, 0.5) is 5.69 Å². The summed E-state index contributed by atoms with van der Waals surface area (Å²) in [5.74, 6) is 0.213. The average Bonchev–Trinajstić information content (AvgIpc) is 3.06. The normalized spacial score (nSPS) is 15.3. The van der Waals surface area contributed by atoms with Crippen molar-refractivity contribution in [2.24, 2.45) is 0 Å². The lowest BCUT2D eigenvalue weighted by Gasteiger charge is -2.19. The molecule has 0 aromatic heterocycles. The minimum absolute atomic E-state index is 0.179. The van der Waals surface area contributed by atoms with Crippen molar-refractivity contribution >= 4 is 11.6 Å². The Hall–Kier alpha value is -2.64. The molecule has 4 nitrogen and oxygen atoms in total. The number of nitrogens with one attached hydrogen (secondary N) is 1. The van der Waals surface area contributed by atoms with E-state index in [0.29, 0.717) is 12.0 Å². The Morgan fingerprint density at radius 2 is 2.04 bits per heavy atom.